The number of ether oxygens (including phenoxy) is 2. The van der Waals surface area contributed by atoms with Crippen molar-refractivity contribution in [1.29, 1.82) is 0 Å². The van der Waals surface area contributed by atoms with Crippen molar-refractivity contribution in [1.82, 2.24) is 4.98 Å². The highest BCUT2D eigenvalue weighted by molar-refractivity contribution is 6.62. The molecule has 2 aromatic carbocycles. The van der Waals surface area contributed by atoms with Crippen LogP contribution in [0.3, 0.4) is 0 Å². The first-order valence-corrected chi connectivity index (χ1v) is 9.79. The van der Waals surface area contributed by atoms with Gasteiger partial charge in [-0.05, 0) is 63.0 Å². The van der Waals surface area contributed by atoms with E-state index >= 15 is 0 Å². The van der Waals surface area contributed by atoms with Crippen LogP contribution in [0.2, 0.25) is 0 Å². The second-order valence-corrected chi connectivity index (χ2v) is 8.32. The lowest BCUT2D eigenvalue weighted by atomic mass is 9.78. The van der Waals surface area contributed by atoms with Crippen molar-refractivity contribution in [3.8, 4) is 11.5 Å². The van der Waals surface area contributed by atoms with Crippen LogP contribution in [0.15, 0.2) is 54.7 Å². The van der Waals surface area contributed by atoms with Crippen LogP contribution < -0.4 is 14.9 Å². The smallest absolute Gasteiger partial charge is 0.494 e. The molecule has 1 saturated heterocycles. The zero-order valence-corrected chi connectivity index (χ0v) is 17.6. The van der Waals surface area contributed by atoms with Gasteiger partial charge in [0.15, 0.2) is 0 Å². The molecule has 3 aromatic rings. The van der Waals surface area contributed by atoms with Gasteiger partial charge in [0.1, 0.15) is 23.6 Å². The van der Waals surface area contributed by atoms with Crippen LogP contribution in [0.4, 0.5) is 0 Å². The molecule has 0 bridgehead atoms. The van der Waals surface area contributed by atoms with Crippen molar-refractivity contribution in [3.63, 3.8) is 0 Å². The van der Waals surface area contributed by atoms with E-state index in [9.17, 15) is 0 Å². The second-order valence-electron chi connectivity index (χ2n) is 8.32. The fraction of sp³-hybridized carbons (Fsp3) is 0.348. The molecule has 1 aliphatic rings. The fourth-order valence-corrected chi connectivity index (χ4v) is 3.29. The molecule has 1 aliphatic heterocycles. The first-order valence-electron chi connectivity index (χ1n) is 9.79. The topological polar surface area (TPSA) is 49.8 Å². The first-order chi connectivity index (χ1) is 13.8. The molecular weight excluding hydrogens is 365 g/mol. The normalized spacial score (nSPS) is 17.5. The third-order valence-corrected chi connectivity index (χ3v) is 5.77. The van der Waals surface area contributed by atoms with Gasteiger partial charge >= 0.3 is 7.12 Å². The number of nitrogens with zero attached hydrogens (tertiary/aromatic N) is 1. The van der Waals surface area contributed by atoms with Crippen molar-refractivity contribution in [2.45, 2.75) is 45.5 Å². The molecule has 1 fully saturated rings. The van der Waals surface area contributed by atoms with E-state index in [0.29, 0.717) is 12.4 Å². The molecule has 5 nitrogen and oxygen atoms in total. The van der Waals surface area contributed by atoms with Gasteiger partial charge in [0.2, 0.25) is 0 Å². The Morgan fingerprint density at radius 3 is 2.31 bits per heavy atom. The molecule has 6 heteroatoms. The molecule has 150 valence electrons. The summed E-state index contributed by atoms with van der Waals surface area (Å²) in [6.07, 6.45) is 1.77. The molecule has 0 saturated carbocycles. The maximum Gasteiger partial charge on any atom is 0.494 e. The van der Waals surface area contributed by atoms with Gasteiger partial charge in [0, 0.05) is 11.6 Å². The van der Waals surface area contributed by atoms with Crippen LogP contribution in [0, 0.1) is 0 Å². The summed E-state index contributed by atoms with van der Waals surface area (Å²) >= 11 is 0. The van der Waals surface area contributed by atoms with Crippen molar-refractivity contribution >= 4 is 23.5 Å². The van der Waals surface area contributed by atoms with E-state index in [0.717, 1.165) is 27.7 Å². The molecular formula is C23H26BNO4. The number of methoxy groups -OCH3 is 1. The number of hydrogen-bond acceptors (Lipinski definition) is 5. The van der Waals surface area contributed by atoms with Gasteiger partial charge in [0.05, 0.1) is 18.3 Å². The lowest BCUT2D eigenvalue weighted by molar-refractivity contribution is 0.00578. The maximum atomic E-state index is 6.23. The molecule has 0 amide bonds. The monoisotopic (exact) mass is 391 g/mol. The number of pyridine rings is 1. The molecule has 29 heavy (non-hydrogen) atoms. The average molecular weight is 391 g/mol. The lowest BCUT2D eigenvalue weighted by Gasteiger charge is -2.32. The van der Waals surface area contributed by atoms with Gasteiger partial charge in [0.25, 0.3) is 0 Å². The van der Waals surface area contributed by atoms with E-state index in [1.165, 1.54) is 0 Å². The highest BCUT2D eigenvalue weighted by Crippen LogP contribution is 2.37. The Morgan fingerprint density at radius 2 is 1.66 bits per heavy atom. The summed E-state index contributed by atoms with van der Waals surface area (Å²) in [6, 6.07) is 15.8. The van der Waals surface area contributed by atoms with Crippen molar-refractivity contribution in [2.24, 2.45) is 0 Å². The quantitative estimate of drug-likeness (QED) is 0.613. The van der Waals surface area contributed by atoms with Gasteiger partial charge in [-0.2, -0.15) is 0 Å². The standard InChI is InChI=1S/C23H26BNO4/c1-22(2)23(3,4)29-24(28-22)18-13-17-7-6-12-25-21(17)20(14-18)27-15-16-8-10-19(26-5)11-9-16/h6-14H,15H2,1-5H3. The summed E-state index contributed by atoms with van der Waals surface area (Å²) < 4.78 is 23.8. The lowest BCUT2D eigenvalue weighted by Crippen LogP contribution is -2.41. The van der Waals surface area contributed by atoms with Gasteiger partial charge < -0.3 is 18.8 Å². The molecule has 0 atom stereocenters. The minimum Gasteiger partial charge on any atom is -0.497 e. The first kappa shape index (κ1) is 19.7. The molecule has 0 spiro atoms. The van der Waals surface area contributed by atoms with Crippen LogP contribution in [0.25, 0.3) is 10.9 Å². The van der Waals surface area contributed by atoms with E-state index in [1.807, 2.05) is 42.5 Å². The van der Waals surface area contributed by atoms with Crippen molar-refractivity contribution in [2.75, 3.05) is 7.11 Å². The van der Waals surface area contributed by atoms with E-state index < -0.39 is 18.3 Å². The Balaban J connectivity index is 1.64. The van der Waals surface area contributed by atoms with Crippen molar-refractivity contribution in [3.05, 3.63) is 60.3 Å². The molecule has 0 radical (unpaired) electrons. The van der Waals surface area contributed by atoms with E-state index in [1.54, 1.807) is 13.3 Å². The predicted octanol–water partition coefficient (Wildman–Crippen LogP) is 4.12. The Hall–Kier alpha value is -2.57. The minimum atomic E-state index is -0.451. The van der Waals surface area contributed by atoms with Crippen LogP contribution in [0.1, 0.15) is 33.3 Å². The highest BCUT2D eigenvalue weighted by atomic mass is 16.7. The van der Waals surface area contributed by atoms with E-state index in [4.69, 9.17) is 18.8 Å². The van der Waals surface area contributed by atoms with E-state index in [2.05, 4.69) is 38.7 Å². The summed E-state index contributed by atoms with van der Waals surface area (Å²) in [5.74, 6) is 1.53. The zero-order chi connectivity index (χ0) is 20.6. The molecule has 2 heterocycles. The van der Waals surface area contributed by atoms with E-state index in [-0.39, 0.29) is 0 Å². The predicted molar refractivity (Wildman–Crippen MR) is 115 cm³/mol. The third kappa shape index (κ3) is 3.82. The summed E-state index contributed by atoms with van der Waals surface area (Å²) in [7, 11) is 1.21. The van der Waals surface area contributed by atoms with Crippen LogP contribution in [-0.4, -0.2) is 30.4 Å². The number of hydrogen-bond donors (Lipinski definition) is 0. The number of rotatable bonds is 5. The minimum absolute atomic E-state index is 0.397. The molecule has 0 unspecified atom stereocenters. The third-order valence-electron chi connectivity index (χ3n) is 5.77. The summed E-state index contributed by atoms with van der Waals surface area (Å²) in [4.78, 5) is 4.52. The molecule has 4 rings (SSSR count). The van der Waals surface area contributed by atoms with Gasteiger partial charge in [-0.25, -0.2) is 0 Å². The number of benzene rings is 2. The van der Waals surface area contributed by atoms with Gasteiger partial charge in [-0.3, -0.25) is 4.98 Å². The molecule has 0 N–H and O–H groups in total. The maximum absolute atomic E-state index is 6.23. The second kappa shape index (κ2) is 7.36. The number of fused-ring (bicyclic) bond motifs is 1. The van der Waals surface area contributed by atoms with Crippen LogP contribution in [0.5, 0.6) is 11.5 Å². The highest BCUT2D eigenvalue weighted by Gasteiger charge is 2.51. The summed E-state index contributed by atoms with van der Waals surface area (Å²) in [6.45, 7) is 8.64. The van der Waals surface area contributed by atoms with Crippen molar-refractivity contribution < 1.29 is 18.8 Å². The Kier molecular flexibility index (Phi) is 5.01. The van der Waals surface area contributed by atoms with Gasteiger partial charge in [-0.15, -0.1) is 0 Å². The SMILES string of the molecule is COc1ccc(COc2cc(B3OC(C)(C)C(C)(C)O3)cc3cccnc23)cc1. The fourth-order valence-electron chi connectivity index (χ4n) is 3.29. The largest absolute Gasteiger partial charge is 0.497 e. The molecule has 1 aromatic heterocycles. The van der Waals surface area contributed by atoms with Crippen LogP contribution >= 0.6 is 0 Å². The van der Waals surface area contributed by atoms with Gasteiger partial charge in [-0.1, -0.05) is 24.3 Å². The Morgan fingerprint density at radius 1 is 0.966 bits per heavy atom. The Labute approximate surface area is 172 Å². The summed E-state index contributed by atoms with van der Waals surface area (Å²) in [5.41, 5.74) is 2.00. The zero-order valence-electron chi connectivity index (χ0n) is 17.6. The Bertz CT molecular complexity index is 1000. The average Bonchev–Trinajstić information content (AvgIpc) is 2.93. The van der Waals surface area contributed by atoms with Crippen LogP contribution in [-0.2, 0) is 15.9 Å². The molecule has 0 aliphatic carbocycles. The number of aromatic nitrogens is 1. The summed E-state index contributed by atoms with van der Waals surface area (Å²) in [5, 5.41) is 0.990.